The number of alkyl halides is 3. The smallest absolute Gasteiger partial charge is 0.389 e. The van der Waals surface area contributed by atoms with Gasteiger partial charge in [-0.1, -0.05) is 44.2 Å². The van der Waals surface area contributed by atoms with Crippen molar-refractivity contribution in [1.29, 1.82) is 0 Å². The average molecular weight is 360 g/mol. The highest BCUT2D eigenvalue weighted by molar-refractivity contribution is 5.27. The van der Waals surface area contributed by atoms with Crippen LogP contribution in [0.15, 0.2) is 24.3 Å². The first kappa shape index (κ1) is 21.8. The zero-order valence-corrected chi connectivity index (χ0v) is 15.2. The van der Waals surface area contributed by atoms with Crippen LogP contribution in [0.25, 0.3) is 0 Å². The number of aliphatic hydroxyl groups excluding tert-OH is 1. The average Bonchev–Trinajstić information content (AvgIpc) is 2.54. The molecule has 0 fully saturated rings. The lowest BCUT2D eigenvalue weighted by molar-refractivity contribution is -0.135. The molecule has 0 aliphatic heterocycles. The van der Waals surface area contributed by atoms with Crippen molar-refractivity contribution >= 4 is 0 Å². The molecule has 0 heterocycles. The van der Waals surface area contributed by atoms with Crippen molar-refractivity contribution in [1.82, 2.24) is 0 Å². The Morgan fingerprint density at radius 1 is 0.920 bits per heavy atom. The van der Waals surface area contributed by atoms with Gasteiger partial charge in [0.25, 0.3) is 0 Å². The Balaban J connectivity index is 2.05. The van der Waals surface area contributed by atoms with Crippen molar-refractivity contribution in [3.05, 3.63) is 29.8 Å². The van der Waals surface area contributed by atoms with Crippen LogP contribution in [0.2, 0.25) is 0 Å². The third kappa shape index (κ3) is 11.9. The van der Waals surface area contributed by atoms with Gasteiger partial charge < -0.3 is 9.84 Å². The summed E-state index contributed by atoms with van der Waals surface area (Å²) in [4.78, 5) is 0. The zero-order chi connectivity index (χ0) is 18.5. The third-order valence-electron chi connectivity index (χ3n) is 4.22. The Bertz CT molecular complexity index is 443. The molecule has 1 unspecified atom stereocenters. The molecule has 0 amide bonds. The van der Waals surface area contributed by atoms with Gasteiger partial charge in [-0.3, -0.25) is 0 Å². The first-order valence-electron chi connectivity index (χ1n) is 9.34. The van der Waals surface area contributed by atoms with Gasteiger partial charge in [-0.05, 0) is 43.9 Å². The molecule has 0 aromatic heterocycles. The fourth-order valence-electron chi connectivity index (χ4n) is 2.75. The molecule has 1 N–H and O–H groups in total. The predicted octanol–water partition coefficient (Wildman–Crippen LogP) is 6.06. The Morgan fingerprint density at radius 3 is 2.04 bits per heavy atom. The lowest BCUT2D eigenvalue weighted by Crippen LogP contribution is -2.13. The van der Waals surface area contributed by atoms with Crippen LogP contribution in [0.3, 0.4) is 0 Å². The second-order valence-electron chi connectivity index (χ2n) is 6.67. The summed E-state index contributed by atoms with van der Waals surface area (Å²) < 4.78 is 41.7. The van der Waals surface area contributed by atoms with E-state index >= 15 is 0 Å². The molecule has 0 spiro atoms. The van der Waals surface area contributed by atoms with Crippen LogP contribution in [-0.2, 0) is 6.42 Å². The highest BCUT2D eigenvalue weighted by atomic mass is 19.4. The summed E-state index contributed by atoms with van der Waals surface area (Å²) in [6.45, 7) is 2.06. The minimum absolute atomic E-state index is 0.00646. The van der Waals surface area contributed by atoms with Crippen LogP contribution >= 0.6 is 0 Å². The zero-order valence-electron chi connectivity index (χ0n) is 15.2. The van der Waals surface area contributed by atoms with E-state index in [2.05, 4.69) is 12.1 Å². The largest absolute Gasteiger partial charge is 0.491 e. The molecule has 0 radical (unpaired) electrons. The maximum Gasteiger partial charge on any atom is 0.389 e. The van der Waals surface area contributed by atoms with Crippen molar-refractivity contribution in [2.24, 2.45) is 0 Å². The van der Waals surface area contributed by atoms with Gasteiger partial charge in [0.15, 0.2) is 0 Å². The number of aryl methyl sites for hydroxylation is 1. The van der Waals surface area contributed by atoms with Crippen LogP contribution in [0.4, 0.5) is 13.2 Å². The van der Waals surface area contributed by atoms with Gasteiger partial charge in [-0.2, -0.15) is 13.2 Å². The summed E-state index contributed by atoms with van der Waals surface area (Å²) in [5.74, 6) is 0.823. The fourth-order valence-corrected chi connectivity index (χ4v) is 2.75. The summed E-state index contributed by atoms with van der Waals surface area (Å²) in [6.07, 6.45) is 3.15. The number of ether oxygens (including phenoxy) is 1. The molecular weight excluding hydrogens is 329 g/mol. The third-order valence-corrected chi connectivity index (χ3v) is 4.22. The van der Waals surface area contributed by atoms with E-state index in [9.17, 15) is 13.2 Å². The minimum Gasteiger partial charge on any atom is -0.491 e. The number of halogens is 3. The molecule has 144 valence electrons. The van der Waals surface area contributed by atoms with Crippen LogP contribution in [0.5, 0.6) is 5.75 Å². The SMILES string of the molecule is CC(CCO)Oc1ccc(CCCCCCCCCC(F)(F)F)cc1. The number of aliphatic hydroxyl groups is 1. The molecule has 0 bridgehead atoms. The Labute approximate surface area is 149 Å². The molecule has 0 aliphatic carbocycles. The highest BCUT2D eigenvalue weighted by Crippen LogP contribution is 2.23. The van der Waals surface area contributed by atoms with Crippen LogP contribution in [0.1, 0.15) is 70.3 Å². The van der Waals surface area contributed by atoms with Crippen LogP contribution < -0.4 is 4.74 Å². The van der Waals surface area contributed by atoms with Crippen molar-refractivity contribution < 1.29 is 23.0 Å². The molecule has 1 atom stereocenters. The molecular formula is C20H31F3O2. The summed E-state index contributed by atoms with van der Waals surface area (Å²) in [7, 11) is 0. The van der Waals surface area contributed by atoms with E-state index < -0.39 is 12.6 Å². The number of unbranched alkanes of at least 4 members (excludes halogenated alkanes) is 6. The van der Waals surface area contributed by atoms with E-state index in [-0.39, 0.29) is 19.1 Å². The van der Waals surface area contributed by atoms with E-state index in [0.29, 0.717) is 12.8 Å². The standard InChI is InChI=1S/C20H31F3O2/c1-17(14-16-24)25-19-12-10-18(11-13-19)9-7-5-3-2-4-6-8-15-20(21,22)23/h10-13,17,24H,2-9,14-16H2,1H3. The van der Waals surface area contributed by atoms with E-state index in [1.807, 2.05) is 19.1 Å². The lowest BCUT2D eigenvalue weighted by Gasteiger charge is -2.13. The molecule has 0 saturated carbocycles. The Hall–Kier alpha value is -1.23. The fraction of sp³-hybridized carbons (Fsp3) is 0.700. The van der Waals surface area contributed by atoms with Crippen LogP contribution in [0, 0.1) is 0 Å². The van der Waals surface area contributed by atoms with E-state index in [1.165, 1.54) is 5.56 Å². The normalized spacial score (nSPS) is 13.0. The monoisotopic (exact) mass is 360 g/mol. The van der Waals surface area contributed by atoms with Gasteiger partial charge in [0.1, 0.15) is 5.75 Å². The first-order chi connectivity index (χ1) is 11.9. The van der Waals surface area contributed by atoms with Gasteiger partial charge in [-0.15, -0.1) is 0 Å². The molecule has 1 rings (SSSR count). The molecule has 5 heteroatoms. The molecule has 0 aliphatic rings. The summed E-state index contributed by atoms with van der Waals surface area (Å²) in [5, 5.41) is 8.87. The molecule has 25 heavy (non-hydrogen) atoms. The van der Waals surface area contributed by atoms with E-state index in [1.54, 1.807) is 0 Å². The van der Waals surface area contributed by atoms with E-state index in [4.69, 9.17) is 9.84 Å². The predicted molar refractivity (Wildman–Crippen MR) is 94.9 cm³/mol. The van der Waals surface area contributed by atoms with Gasteiger partial charge in [0.05, 0.1) is 6.10 Å². The quantitative estimate of drug-likeness (QED) is 0.433. The summed E-state index contributed by atoms with van der Waals surface area (Å²) in [6, 6.07) is 8.06. The lowest BCUT2D eigenvalue weighted by atomic mass is 10.0. The molecule has 0 saturated heterocycles. The van der Waals surface area contributed by atoms with Crippen molar-refractivity contribution in [2.45, 2.75) is 83.4 Å². The van der Waals surface area contributed by atoms with Crippen molar-refractivity contribution in [3.8, 4) is 5.75 Å². The number of benzene rings is 1. The van der Waals surface area contributed by atoms with Crippen LogP contribution in [-0.4, -0.2) is 24.0 Å². The van der Waals surface area contributed by atoms with E-state index in [0.717, 1.165) is 44.3 Å². The molecule has 1 aromatic carbocycles. The topological polar surface area (TPSA) is 29.5 Å². The second kappa shape index (κ2) is 12.2. The minimum atomic E-state index is -4.00. The summed E-state index contributed by atoms with van der Waals surface area (Å²) >= 11 is 0. The second-order valence-corrected chi connectivity index (χ2v) is 6.67. The van der Waals surface area contributed by atoms with Gasteiger partial charge in [0, 0.05) is 19.4 Å². The van der Waals surface area contributed by atoms with Gasteiger partial charge in [0.2, 0.25) is 0 Å². The van der Waals surface area contributed by atoms with Crippen molar-refractivity contribution in [3.63, 3.8) is 0 Å². The number of hydrogen-bond donors (Lipinski definition) is 1. The Morgan fingerprint density at radius 2 is 1.48 bits per heavy atom. The first-order valence-corrected chi connectivity index (χ1v) is 9.34. The van der Waals surface area contributed by atoms with Gasteiger partial charge >= 0.3 is 6.18 Å². The summed E-state index contributed by atoms with van der Waals surface area (Å²) in [5.41, 5.74) is 1.27. The maximum atomic E-state index is 12.0. The van der Waals surface area contributed by atoms with Gasteiger partial charge in [-0.25, -0.2) is 0 Å². The molecule has 1 aromatic rings. The Kier molecular flexibility index (Phi) is 10.6. The number of rotatable bonds is 13. The highest BCUT2D eigenvalue weighted by Gasteiger charge is 2.25. The maximum absolute atomic E-state index is 12.0. The van der Waals surface area contributed by atoms with Crippen molar-refractivity contribution in [2.75, 3.05) is 6.61 Å². The number of hydrogen-bond acceptors (Lipinski definition) is 2. The molecule has 2 nitrogen and oxygen atoms in total.